The summed E-state index contributed by atoms with van der Waals surface area (Å²) in [5.74, 6) is 0. The third-order valence-corrected chi connectivity index (χ3v) is 4.75. The molecule has 0 bridgehead atoms. The van der Waals surface area contributed by atoms with E-state index in [1.54, 1.807) is 0 Å². The first-order valence-corrected chi connectivity index (χ1v) is 8.64. The first-order chi connectivity index (χ1) is 7.02. The van der Waals surface area contributed by atoms with Crippen molar-refractivity contribution in [2.24, 2.45) is 0 Å². The molecule has 0 rings (SSSR count). The summed E-state index contributed by atoms with van der Waals surface area (Å²) < 4.78 is 10.9. The Labute approximate surface area is 98.8 Å². The molecule has 0 spiro atoms. The van der Waals surface area contributed by atoms with E-state index in [0.29, 0.717) is 6.61 Å². The number of hydrogen-bond donors (Lipinski definition) is 2. The summed E-state index contributed by atoms with van der Waals surface area (Å²) in [6, 6.07) is 1.07. The van der Waals surface area contributed by atoms with E-state index in [1.807, 2.05) is 6.92 Å². The van der Waals surface area contributed by atoms with Crippen LogP contribution >= 0.6 is 0 Å². The number of hydrogen-bond acceptors (Lipinski definition) is 4. The van der Waals surface area contributed by atoms with E-state index in [9.17, 15) is 0 Å². The predicted octanol–water partition coefficient (Wildman–Crippen LogP) is 0.163. The maximum atomic E-state index is 9.01. The van der Waals surface area contributed by atoms with Crippen molar-refractivity contribution in [2.75, 3.05) is 26.4 Å². The Hall–Kier alpha value is 0.0169. The maximum absolute atomic E-state index is 9.01. The highest BCUT2D eigenvalue weighted by molar-refractivity contribution is 6.71. The number of aliphatic hydroxyl groups is 2. The van der Waals surface area contributed by atoms with Crippen LogP contribution in [0, 0.1) is 0 Å². The lowest BCUT2D eigenvalue weighted by Gasteiger charge is -2.21. The lowest BCUT2D eigenvalue weighted by Crippen LogP contribution is -2.30. The molecule has 0 saturated carbocycles. The van der Waals surface area contributed by atoms with E-state index >= 15 is 0 Å². The van der Waals surface area contributed by atoms with Crippen LogP contribution in [-0.4, -0.2) is 56.5 Å². The van der Waals surface area contributed by atoms with Gasteiger partial charge in [0.2, 0.25) is 0 Å². The van der Waals surface area contributed by atoms with Crippen molar-refractivity contribution >= 4 is 8.32 Å². The van der Waals surface area contributed by atoms with Gasteiger partial charge in [0.15, 0.2) is 8.32 Å². The Morgan fingerprint density at radius 3 is 2.44 bits per heavy atom. The minimum absolute atomic E-state index is 0. The van der Waals surface area contributed by atoms with Gasteiger partial charge in [-0.2, -0.15) is 0 Å². The molecule has 0 aromatic carbocycles. The molecule has 0 saturated heterocycles. The Kier molecular flexibility index (Phi) is 11.7. The summed E-state index contributed by atoms with van der Waals surface area (Å²) in [4.78, 5) is 0. The molecule has 1 unspecified atom stereocenters. The van der Waals surface area contributed by atoms with Crippen molar-refractivity contribution in [3.63, 3.8) is 0 Å². The standard InChI is InChI=1S/C10H24O4Si.H2O/c1-4-14-15(2,3)7-5-6-13-9-10(12)8-11;/h10-12H,4-9H2,1-3H3;1H2. The zero-order valence-electron chi connectivity index (χ0n) is 10.5. The Balaban J connectivity index is 0. The summed E-state index contributed by atoms with van der Waals surface area (Å²) in [7, 11) is -1.48. The average Bonchev–Trinajstić information content (AvgIpc) is 2.16. The van der Waals surface area contributed by atoms with Gasteiger partial charge in [0, 0.05) is 13.2 Å². The van der Waals surface area contributed by atoms with E-state index in [0.717, 1.165) is 19.1 Å². The first-order valence-electron chi connectivity index (χ1n) is 5.52. The molecule has 0 aliphatic heterocycles. The molecule has 0 radical (unpaired) electrons. The Bertz CT molecular complexity index is 154. The van der Waals surface area contributed by atoms with Crippen LogP contribution in [0.2, 0.25) is 19.1 Å². The zero-order chi connectivity index (χ0) is 11.7. The molecular formula is C10H26O5Si. The molecule has 4 N–H and O–H groups in total. The van der Waals surface area contributed by atoms with Crippen molar-refractivity contribution < 1.29 is 24.9 Å². The quantitative estimate of drug-likeness (QED) is 0.453. The van der Waals surface area contributed by atoms with Crippen molar-refractivity contribution in [3.8, 4) is 0 Å². The monoisotopic (exact) mass is 254 g/mol. The van der Waals surface area contributed by atoms with Crippen molar-refractivity contribution in [3.05, 3.63) is 0 Å². The second-order valence-electron chi connectivity index (χ2n) is 4.21. The second-order valence-corrected chi connectivity index (χ2v) is 8.52. The van der Waals surface area contributed by atoms with Crippen LogP contribution in [0.4, 0.5) is 0 Å². The highest BCUT2D eigenvalue weighted by atomic mass is 28.4. The fourth-order valence-corrected chi connectivity index (χ4v) is 3.26. The summed E-state index contributed by atoms with van der Waals surface area (Å²) in [5.41, 5.74) is 0. The molecule has 0 heterocycles. The van der Waals surface area contributed by atoms with E-state index in [4.69, 9.17) is 19.4 Å². The third kappa shape index (κ3) is 10.5. The summed E-state index contributed by atoms with van der Waals surface area (Å²) in [6.45, 7) is 7.79. The van der Waals surface area contributed by atoms with Gasteiger partial charge in [0.1, 0.15) is 6.10 Å². The number of ether oxygens (including phenoxy) is 1. The molecule has 0 aromatic rings. The van der Waals surface area contributed by atoms with Crippen LogP contribution in [0.25, 0.3) is 0 Å². The van der Waals surface area contributed by atoms with Crippen LogP contribution < -0.4 is 0 Å². The van der Waals surface area contributed by atoms with Gasteiger partial charge in [-0.25, -0.2) is 0 Å². The predicted molar refractivity (Wildman–Crippen MR) is 66.1 cm³/mol. The van der Waals surface area contributed by atoms with Crippen molar-refractivity contribution in [1.29, 1.82) is 0 Å². The van der Waals surface area contributed by atoms with Gasteiger partial charge in [-0.15, -0.1) is 0 Å². The molecular weight excluding hydrogens is 228 g/mol. The first kappa shape index (κ1) is 18.4. The van der Waals surface area contributed by atoms with E-state index < -0.39 is 14.4 Å². The van der Waals surface area contributed by atoms with Gasteiger partial charge in [-0.05, 0) is 32.5 Å². The molecule has 0 amide bonds. The SMILES string of the molecule is CCO[Si](C)(C)CCCOCC(O)CO.O. The molecule has 6 heteroatoms. The Morgan fingerprint density at radius 1 is 1.31 bits per heavy atom. The van der Waals surface area contributed by atoms with Gasteiger partial charge < -0.3 is 24.9 Å². The van der Waals surface area contributed by atoms with Gasteiger partial charge in [-0.3, -0.25) is 0 Å². The van der Waals surface area contributed by atoms with Gasteiger partial charge in [0.25, 0.3) is 0 Å². The average molecular weight is 254 g/mol. The van der Waals surface area contributed by atoms with Gasteiger partial charge in [-0.1, -0.05) is 0 Å². The third-order valence-electron chi connectivity index (χ3n) is 2.12. The smallest absolute Gasteiger partial charge is 0.186 e. The molecule has 16 heavy (non-hydrogen) atoms. The minimum atomic E-state index is -1.48. The van der Waals surface area contributed by atoms with Gasteiger partial charge >= 0.3 is 0 Å². The van der Waals surface area contributed by atoms with Crippen molar-refractivity contribution in [2.45, 2.75) is 38.6 Å². The fraction of sp³-hybridized carbons (Fsp3) is 1.00. The second kappa shape index (κ2) is 10.2. The molecule has 0 aliphatic carbocycles. The molecule has 0 fully saturated rings. The van der Waals surface area contributed by atoms with E-state index in [-0.39, 0.29) is 18.7 Å². The normalized spacial score (nSPS) is 13.3. The minimum Gasteiger partial charge on any atom is -0.418 e. The summed E-state index contributed by atoms with van der Waals surface area (Å²) in [6.07, 6.45) is 0.208. The highest BCUT2D eigenvalue weighted by Crippen LogP contribution is 2.13. The van der Waals surface area contributed by atoms with Crippen LogP contribution in [0.3, 0.4) is 0 Å². The largest absolute Gasteiger partial charge is 0.418 e. The summed E-state index contributed by atoms with van der Waals surface area (Å²) in [5, 5.41) is 17.6. The van der Waals surface area contributed by atoms with Gasteiger partial charge in [0.05, 0.1) is 13.2 Å². The highest BCUT2D eigenvalue weighted by Gasteiger charge is 2.20. The van der Waals surface area contributed by atoms with E-state index in [2.05, 4.69) is 13.1 Å². The van der Waals surface area contributed by atoms with Crippen LogP contribution in [0.5, 0.6) is 0 Å². The molecule has 100 valence electrons. The maximum Gasteiger partial charge on any atom is 0.186 e. The summed E-state index contributed by atoms with van der Waals surface area (Å²) >= 11 is 0. The van der Waals surface area contributed by atoms with Crippen LogP contribution in [0.1, 0.15) is 13.3 Å². The molecule has 0 aliphatic rings. The number of aliphatic hydroxyl groups excluding tert-OH is 2. The molecule has 1 atom stereocenters. The number of rotatable bonds is 9. The zero-order valence-corrected chi connectivity index (χ0v) is 11.5. The van der Waals surface area contributed by atoms with Crippen LogP contribution in [-0.2, 0) is 9.16 Å². The molecule has 0 aromatic heterocycles. The fourth-order valence-electron chi connectivity index (χ4n) is 1.33. The molecule has 5 nitrogen and oxygen atoms in total. The van der Waals surface area contributed by atoms with Crippen LogP contribution in [0.15, 0.2) is 0 Å². The van der Waals surface area contributed by atoms with Crippen molar-refractivity contribution in [1.82, 2.24) is 0 Å². The topological polar surface area (TPSA) is 90.4 Å². The lowest BCUT2D eigenvalue weighted by atomic mass is 10.4. The Morgan fingerprint density at radius 2 is 1.94 bits per heavy atom. The van der Waals surface area contributed by atoms with E-state index in [1.165, 1.54) is 0 Å². The lowest BCUT2D eigenvalue weighted by molar-refractivity contribution is 0.00633.